The van der Waals surface area contributed by atoms with Crippen LogP contribution < -0.4 is 0 Å². The van der Waals surface area contributed by atoms with Crippen LogP contribution in [0.3, 0.4) is 0 Å². The monoisotopic (exact) mass is 241 g/mol. The van der Waals surface area contributed by atoms with Gasteiger partial charge < -0.3 is 5.11 Å². The lowest BCUT2D eigenvalue weighted by Crippen LogP contribution is -2.08. The SMILES string of the molecule is O=C(O)c1ccc(C(F)(F)F)c2ccncc12. The Kier molecular flexibility index (Phi) is 2.49. The number of carboxylic acid groups (broad SMARTS) is 1. The van der Waals surface area contributed by atoms with Crippen molar-refractivity contribution in [1.82, 2.24) is 4.98 Å². The fourth-order valence-corrected chi connectivity index (χ4v) is 1.62. The number of halogens is 3. The van der Waals surface area contributed by atoms with Crippen LogP contribution in [0.5, 0.6) is 0 Å². The number of carboxylic acids is 1. The summed E-state index contributed by atoms with van der Waals surface area (Å²) >= 11 is 0. The largest absolute Gasteiger partial charge is 0.478 e. The molecule has 0 saturated heterocycles. The molecule has 88 valence electrons. The molecule has 17 heavy (non-hydrogen) atoms. The van der Waals surface area contributed by atoms with Gasteiger partial charge in [0.05, 0.1) is 11.1 Å². The molecule has 0 atom stereocenters. The third-order valence-electron chi connectivity index (χ3n) is 2.35. The fourth-order valence-electron chi connectivity index (χ4n) is 1.62. The minimum atomic E-state index is -4.52. The first kappa shape index (κ1) is 11.4. The summed E-state index contributed by atoms with van der Waals surface area (Å²) in [4.78, 5) is 14.5. The van der Waals surface area contributed by atoms with Crippen LogP contribution >= 0.6 is 0 Å². The summed E-state index contributed by atoms with van der Waals surface area (Å²) < 4.78 is 38.0. The summed E-state index contributed by atoms with van der Waals surface area (Å²) in [5.41, 5.74) is -1.05. The second kappa shape index (κ2) is 3.73. The number of aromatic carboxylic acids is 1. The van der Waals surface area contributed by atoms with E-state index in [0.717, 1.165) is 24.4 Å². The topological polar surface area (TPSA) is 50.2 Å². The molecule has 0 bridgehead atoms. The highest BCUT2D eigenvalue weighted by Gasteiger charge is 2.33. The molecule has 0 aliphatic heterocycles. The normalized spacial score (nSPS) is 11.7. The number of benzene rings is 1. The number of pyridine rings is 1. The van der Waals surface area contributed by atoms with Crippen LogP contribution in [0.2, 0.25) is 0 Å². The average molecular weight is 241 g/mol. The predicted molar refractivity (Wildman–Crippen MR) is 53.7 cm³/mol. The van der Waals surface area contributed by atoms with E-state index < -0.39 is 17.7 Å². The highest BCUT2D eigenvalue weighted by Crippen LogP contribution is 2.35. The zero-order valence-corrected chi connectivity index (χ0v) is 8.32. The van der Waals surface area contributed by atoms with E-state index in [1.54, 1.807) is 0 Å². The van der Waals surface area contributed by atoms with Gasteiger partial charge in [-0.1, -0.05) is 0 Å². The van der Waals surface area contributed by atoms with Gasteiger partial charge in [-0.2, -0.15) is 13.2 Å². The molecule has 3 nitrogen and oxygen atoms in total. The fraction of sp³-hybridized carbons (Fsp3) is 0.0909. The third kappa shape index (κ3) is 1.93. The summed E-state index contributed by atoms with van der Waals surface area (Å²) in [6, 6.07) is 2.87. The van der Waals surface area contributed by atoms with Crippen LogP contribution in [-0.4, -0.2) is 16.1 Å². The van der Waals surface area contributed by atoms with Gasteiger partial charge in [0.2, 0.25) is 0 Å². The van der Waals surface area contributed by atoms with Crippen LogP contribution in [-0.2, 0) is 6.18 Å². The van der Waals surface area contributed by atoms with Gasteiger partial charge in [0.1, 0.15) is 0 Å². The maximum Gasteiger partial charge on any atom is 0.417 e. The number of hydrogen-bond donors (Lipinski definition) is 1. The molecule has 2 aromatic rings. The zero-order chi connectivity index (χ0) is 12.6. The second-order valence-electron chi connectivity index (χ2n) is 3.38. The van der Waals surface area contributed by atoms with Gasteiger partial charge in [-0.05, 0) is 23.6 Å². The van der Waals surface area contributed by atoms with Crippen molar-refractivity contribution in [3.05, 3.63) is 41.7 Å². The van der Waals surface area contributed by atoms with Crippen LogP contribution in [0.25, 0.3) is 10.8 Å². The number of rotatable bonds is 1. The molecule has 0 saturated carbocycles. The van der Waals surface area contributed by atoms with E-state index in [-0.39, 0.29) is 16.3 Å². The number of nitrogens with zero attached hydrogens (tertiary/aromatic N) is 1. The summed E-state index contributed by atoms with van der Waals surface area (Å²) in [5.74, 6) is -1.28. The first-order valence-corrected chi connectivity index (χ1v) is 4.58. The van der Waals surface area contributed by atoms with Crippen molar-refractivity contribution < 1.29 is 23.1 Å². The lowest BCUT2D eigenvalue weighted by molar-refractivity contribution is -0.136. The summed E-state index contributed by atoms with van der Waals surface area (Å²) in [5, 5.41) is 8.69. The Bertz CT molecular complexity index is 593. The molecule has 1 aromatic heterocycles. The van der Waals surface area contributed by atoms with Crippen molar-refractivity contribution in [3.63, 3.8) is 0 Å². The molecule has 0 unspecified atom stereocenters. The minimum Gasteiger partial charge on any atom is -0.478 e. The van der Waals surface area contributed by atoms with E-state index in [2.05, 4.69) is 4.98 Å². The lowest BCUT2D eigenvalue weighted by atomic mass is 10.0. The summed E-state index contributed by atoms with van der Waals surface area (Å²) in [6.45, 7) is 0. The van der Waals surface area contributed by atoms with Gasteiger partial charge in [-0.25, -0.2) is 4.79 Å². The Labute approximate surface area is 93.5 Å². The number of aromatic nitrogens is 1. The van der Waals surface area contributed by atoms with E-state index in [0.29, 0.717) is 0 Å². The predicted octanol–water partition coefficient (Wildman–Crippen LogP) is 2.95. The first-order chi connectivity index (χ1) is 7.91. The maximum absolute atomic E-state index is 12.7. The zero-order valence-electron chi connectivity index (χ0n) is 8.32. The number of fused-ring (bicyclic) bond motifs is 1. The molecular formula is C11H6F3NO2. The molecule has 0 radical (unpaired) electrons. The van der Waals surface area contributed by atoms with Gasteiger partial charge in [0, 0.05) is 17.8 Å². The average Bonchev–Trinajstić information content (AvgIpc) is 2.26. The van der Waals surface area contributed by atoms with E-state index in [9.17, 15) is 18.0 Å². The molecule has 0 aliphatic carbocycles. The molecule has 6 heteroatoms. The molecule has 0 spiro atoms. The molecule has 1 aromatic carbocycles. The van der Waals surface area contributed by atoms with Gasteiger partial charge >= 0.3 is 12.1 Å². The second-order valence-corrected chi connectivity index (χ2v) is 3.38. The van der Waals surface area contributed by atoms with E-state index >= 15 is 0 Å². The smallest absolute Gasteiger partial charge is 0.417 e. The van der Waals surface area contributed by atoms with Gasteiger partial charge in [-0.3, -0.25) is 4.98 Å². The Morgan fingerprint density at radius 1 is 1.18 bits per heavy atom. The molecular weight excluding hydrogens is 235 g/mol. The quantitative estimate of drug-likeness (QED) is 0.835. The van der Waals surface area contributed by atoms with Gasteiger partial charge in [-0.15, -0.1) is 0 Å². The molecule has 2 rings (SSSR count). The van der Waals surface area contributed by atoms with Crippen molar-refractivity contribution >= 4 is 16.7 Å². The summed E-state index contributed by atoms with van der Waals surface area (Å²) in [6.07, 6.45) is -2.20. The third-order valence-corrected chi connectivity index (χ3v) is 2.35. The Hall–Kier alpha value is -2.11. The molecule has 0 aliphatic rings. The van der Waals surface area contributed by atoms with E-state index in [1.165, 1.54) is 6.20 Å². The Balaban J connectivity index is 2.85. The van der Waals surface area contributed by atoms with Crippen LogP contribution in [0.15, 0.2) is 30.6 Å². The van der Waals surface area contributed by atoms with Gasteiger partial charge in [0.15, 0.2) is 0 Å². The maximum atomic E-state index is 12.7. The highest BCUT2D eigenvalue weighted by molar-refractivity contribution is 6.04. The summed E-state index contributed by atoms with van der Waals surface area (Å²) in [7, 11) is 0. The Morgan fingerprint density at radius 3 is 2.47 bits per heavy atom. The van der Waals surface area contributed by atoms with Crippen molar-refractivity contribution in [2.45, 2.75) is 6.18 Å². The van der Waals surface area contributed by atoms with Crippen LogP contribution in [0, 0.1) is 0 Å². The van der Waals surface area contributed by atoms with Gasteiger partial charge in [0.25, 0.3) is 0 Å². The molecule has 0 amide bonds. The van der Waals surface area contributed by atoms with Crippen molar-refractivity contribution in [3.8, 4) is 0 Å². The number of hydrogen-bond acceptors (Lipinski definition) is 2. The molecule has 1 N–H and O–H groups in total. The minimum absolute atomic E-state index is 0.0187. The van der Waals surface area contributed by atoms with E-state index in [4.69, 9.17) is 5.11 Å². The van der Waals surface area contributed by atoms with Crippen LogP contribution in [0.4, 0.5) is 13.2 Å². The van der Waals surface area contributed by atoms with Crippen molar-refractivity contribution in [2.75, 3.05) is 0 Å². The molecule has 1 heterocycles. The highest BCUT2D eigenvalue weighted by atomic mass is 19.4. The first-order valence-electron chi connectivity index (χ1n) is 4.58. The molecule has 0 fully saturated rings. The standard InChI is InChI=1S/C11H6F3NO2/c12-11(13,14)9-2-1-7(10(16)17)8-5-15-4-3-6(8)9/h1-5H,(H,16,17). The Morgan fingerprint density at radius 2 is 1.88 bits per heavy atom. The lowest BCUT2D eigenvalue weighted by Gasteiger charge is -2.11. The van der Waals surface area contributed by atoms with Crippen molar-refractivity contribution in [1.29, 1.82) is 0 Å². The van der Waals surface area contributed by atoms with Crippen LogP contribution in [0.1, 0.15) is 15.9 Å². The van der Waals surface area contributed by atoms with Crippen molar-refractivity contribution in [2.24, 2.45) is 0 Å². The number of carbonyl (C=O) groups is 1. The number of alkyl halides is 3. The van der Waals surface area contributed by atoms with E-state index in [1.807, 2.05) is 0 Å².